The van der Waals surface area contributed by atoms with E-state index in [-0.39, 0.29) is 32.0 Å². The second kappa shape index (κ2) is 52.8. The number of carbonyl (C=O) groups is 2. The Kier molecular flexibility index (Phi) is 51.3. The minimum atomic E-state index is -4.39. The summed E-state index contributed by atoms with van der Waals surface area (Å²) in [5.41, 5.74) is 0. The molecule has 71 heavy (non-hydrogen) atoms. The highest BCUT2D eigenvalue weighted by molar-refractivity contribution is 7.47. The molecule has 9 nitrogen and oxygen atoms in total. The molecular formula is C61H115NO8P+. The van der Waals surface area contributed by atoms with Crippen molar-refractivity contribution in [1.82, 2.24) is 0 Å². The Morgan fingerprint density at radius 2 is 0.803 bits per heavy atom. The largest absolute Gasteiger partial charge is 0.472 e. The predicted octanol–water partition coefficient (Wildman–Crippen LogP) is 18.5. The van der Waals surface area contributed by atoms with Crippen molar-refractivity contribution in [3.05, 3.63) is 48.6 Å². The van der Waals surface area contributed by atoms with Crippen LogP contribution in [-0.4, -0.2) is 74.9 Å². The van der Waals surface area contributed by atoms with Crippen LogP contribution in [0.1, 0.15) is 277 Å². The molecule has 0 aliphatic heterocycles. The topological polar surface area (TPSA) is 108 Å². The molecule has 0 aromatic heterocycles. The van der Waals surface area contributed by atoms with E-state index in [9.17, 15) is 19.0 Å². The molecule has 0 heterocycles. The number of hydrogen-bond donors (Lipinski definition) is 1. The fourth-order valence-corrected chi connectivity index (χ4v) is 9.28. The van der Waals surface area contributed by atoms with E-state index in [0.29, 0.717) is 17.4 Å². The van der Waals surface area contributed by atoms with Crippen molar-refractivity contribution >= 4 is 19.8 Å². The van der Waals surface area contributed by atoms with E-state index in [1.165, 1.54) is 173 Å². The SMILES string of the molecule is CC/C=C\C/C=C\C/C=C\C/C=C\CCCCCCC(=O)OC(COC(=O)CCCCCCCCCCCCCCCCCCCCCCCCCCCCCCCC)COP(=O)(O)OCC[N+](C)(C)C. The first-order valence-corrected chi connectivity index (χ1v) is 31.4. The lowest BCUT2D eigenvalue weighted by atomic mass is 10.0. The number of likely N-dealkylation sites (N-methyl/N-ethyl adjacent to an activating group) is 1. The van der Waals surface area contributed by atoms with Crippen molar-refractivity contribution in [2.24, 2.45) is 0 Å². The number of rotatable bonds is 55. The summed E-state index contributed by atoms with van der Waals surface area (Å²) in [5, 5.41) is 0. The Morgan fingerprint density at radius 1 is 0.451 bits per heavy atom. The zero-order valence-corrected chi connectivity index (χ0v) is 48.1. The fourth-order valence-electron chi connectivity index (χ4n) is 8.54. The number of allylic oxidation sites excluding steroid dienone is 8. The van der Waals surface area contributed by atoms with Gasteiger partial charge in [0.05, 0.1) is 27.7 Å². The summed E-state index contributed by atoms with van der Waals surface area (Å²) in [7, 11) is 1.46. The molecule has 0 saturated carbocycles. The van der Waals surface area contributed by atoms with Crippen LogP contribution in [0, 0.1) is 0 Å². The standard InChI is InChI=1S/C61H114NO8P/c1-6-8-10-12-14-16-18-20-22-24-25-26-27-28-29-30-31-32-33-34-35-36-38-39-41-43-45-47-49-51-53-60(63)67-57-59(58-69-71(65,66)68-56-55-62(3,4)5)70-61(64)54-52-50-48-46-44-42-40-37-23-21-19-17-15-13-11-9-7-2/h9,11,15,17,21,23,40,42,59H,6-8,10,12-14,16,18-20,22,24-39,41,43-58H2,1-5H3/p+1/b11-9-,17-15-,23-21-,42-40-. The number of carbonyl (C=O) groups excluding carboxylic acids is 2. The Hall–Kier alpha value is -2.03. The van der Waals surface area contributed by atoms with Gasteiger partial charge < -0.3 is 18.9 Å². The number of ether oxygens (including phenoxy) is 2. The molecule has 0 aliphatic rings. The molecule has 0 radical (unpaired) electrons. The first kappa shape index (κ1) is 69.0. The van der Waals surface area contributed by atoms with E-state index in [4.69, 9.17) is 18.5 Å². The number of nitrogens with zero attached hydrogens (tertiary/aromatic N) is 1. The summed E-state index contributed by atoms with van der Waals surface area (Å²) >= 11 is 0. The smallest absolute Gasteiger partial charge is 0.462 e. The van der Waals surface area contributed by atoms with Gasteiger partial charge in [-0.25, -0.2) is 4.57 Å². The summed E-state index contributed by atoms with van der Waals surface area (Å²) in [6.45, 7) is 4.32. The fraction of sp³-hybridized carbons (Fsp3) is 0.836. The van der Waals surface area contributed by atoms with Crippen molar-refractivity contribution < 1.29 is 42.1 Å². The molecule has 0 spiro atoms. The van der Waals surface area contributed by atoms with Crippen LogP contribution in [-0.2, 0) is 32.7 Å². The van der Waals surface area contributed by atoms with Gasteiger partial charge in [0.2, 0.25) is 0 Å². The second-order valence-corrected chi connectivity index (χ2v) is 22.8. The van der Waals surface area contributed by atoms with E-state index in [1.54, 1.807) is 0 Å². The van der Waals surface area contributed by atoms with Gasteiger partial charge in [0.1, 0.15) is 19.8 Å². The summed E-state index contributed by atoms with van der Waals surface area (Å²) < 4.78 is 34.5. The Balaban J connectivity index is 4.05. The Labute approximate surface area is 439 Å². The molecule has 10 heteroatoms. The van der Waals surface area contributed by atoms with Crippen LogP contribution in [0.25, 0.3) is 0 Å². The van der Waals surface area contributed by atoms with Gasteiger partial charge in [-0.1, -0.05) is 262 Å². The number of phosphoric ester groups is 1. The van der Waals surface area contributed by atoms with Crippen molar-refractivity contribution in [3.8, 4) is 0 Å². The molecule has 0 aromatic rings. The van der Waals surface area contributed by atoms with E-state index >= 15 is 0 Å². The molecule has 0 fully saturated rings. The third-order valence-corrected chi connectivity index (χ3v) is 14.1. The molecule has 0 rings (SSSR count). The summed E-state index contributed by atoms with van der Waals surface area (Å²) in [6, 6.07) is 0. The molecule has 416 valence electrons. The minimum Gasteiger partial charge on any atom is -0.462 e. The van der Waals surface area contributed by atoms with Crippen LogP contribution >= 0.6 is 7.82 Å². The predicted molar refractivity (Wildman–Crippen MR) is 303 cm³/mol. The van der Waals surface area contributed by atoms with Crippen LogP contribution < -0.4 is 0 Å². The first-order chi connectivity index (χ1) is 34.5. The number of esters is 2. The highest BCUT2D eigenvalue weighted by atomic mass is 31.2. The maximum Gasteiger partial charge on any atom is 0.472 e. The third kappa shape index (κ3) is 57.1. The van der Waals surface area contributed by atoms with Crippen LogP contribution in [0.5, 0.6) is 0 Å². The molecule has 1 N–H and O–H groups in total. The second-order valence-electron chi connectivity index (χ2n) is 21.4. The molecule has 0 amide bonds. The highest BCUT2D eigenvalue weighted by Crippen LogP contribution is 2.43. The number of hydrogen-bond acceptors (Lipinski definition) is 7. The number of unbranched alkanes of at least 4 members (excludes halogenated alkanes) is 33. The van der Waals surface area contributed by atoms with Crippen molar-refractivity contribution in [2.45, 2.75) is 283 Å². The van der Waals surface area contributed by atoms with Gasteiger partial charge in [0.15, 0.2) is 6.10 Å². The number of phosphoric acid groups is 1. The zero-order valence-electron chi connectivity index (χ0n) is 47.2. The van der Waals surface area contributed by atoms with E-state index in [0.717, 1.165) is 70.6 Å². The lowest BCUT2D eigenvalue weighted by Gasteiger charge is -2.24. The van der Waals surface area contributed by atoms with Gasteiger partial charge in [-0.3, -0.25) is 18.6 Å². The molecule has 0 aliphatic carbocycles. The molecule has 2 atom stereocenters. The van der Waals surface area contributed by atoms with Gasteiger partial charge in [0.25, 0.3) is 0 Å². The lowest BCUT2D eigenvalue weighted by molar-refractivity contribution is -0.870. The van der Waals surface area contributed by atoms with Crippen LogP contribution in [0.15, 0.2) is 48.6 Å². The molecule has 0 bridgehead atoms. The van der Waals surface area contributed by atoms with Gasteiger partial charge in [-0.05, 0) is 51.4 Å². The lowest BCUT2D eigenvalue weighted by Crippen LogP contribution is -2.37. The highest BCUT2D eigenvalue weighted by Gasteiger charge is 2.27. The summed E-state index contributed by atoms with van der Waals surface area (Å²) in [4.78, 5) is 35.6. The third-order valence-electron chi connectivity index (χ3n) is 13.1. The van der Waals surface area contributed by atoms with Gasteiger partial charge in [-0.2, -0.15) is 0 Å². The maximum absolute atomic E-state index is 12.8. The van der Waals surface area contributed by atoms with Crippen LogP contribution in [0.4, 0.5) is 0 Å². The first-order valence-electron chi connectivity index (χ1n) is 29.9. The molecule has 0 saturated heterocycles. The van der Waals surface area contributed by atoms with Gasteiger partial charge >= 0.3 is 19.8 Å². The molecular weight excluding hydrogens is 906 g/mol. The quantitative estimate of drug-likeness (QED) is 0.0211. The summed E-state index contributed by atoms with van der Waals surface area (Å²) in [6.07, 6.45) is 66.3. The molecule has 0 aromatic carbocycles. The van der Waals surface area contributed by atoms with Gasteiger partial charge in [-0.15, -0.1) is 0 Å². The van der Waals surface area contributed by atoms with Crippen molar-refractivity contribution in [2.75, 3.05) is 47.5 Å². The van der Waals surface area contributed by atoms with Crippen LogP contribution in [0.3, 0.4) is 0 Å². The van der Waals surface area contributed by atoms with Crippen molar-refractivity contribution in [1.29, 1.82) is 0 Å². The zero-order chi connectivity index (χ0) is 52.0. The van der Waals surface area contributed by atoms with Crippen LogP contribution in [0.2, 0.25) is 0 Å². The van der Waals surface area contributed by atoms with E-state index in [1.807, 2.05) is 21.1 Å². The molecule has 2 unspecified atom stereocenters. The monoisotopic (exact) mass is 1020 g/mol. The van der Waals surface area contributed by atoms with Crippen molar-refractivity contribution in [3.63, 3.8) is 0 Å². The average molecular weight is 1020 g/mol. The normalized spacial score (nSPS) is 13.6. The minimum absolute atomic E-state index is 0.0265. The van der Waals surface area contributed by atoms with Gasteiger partial charge in [0, 0.05) is 12.8 Å². The van der Waals surface area contributed by atoms with E-state index < -0.39 is 26.5 Å². The Bertz CT molecular complexity index is 1340. The Morgan fingerprint density at radius 3 is 1.20 bits per heavy atom. The average Bonchev–Trinajstić information content (AvgIpc) is 3.33. The van der Waals surface area contributed by atoms with E-state index in [2.05, 4.69) is 62.5 Å². The number of quaternary nitrogens is 1. The summed E-state index contributed by atoms with van der Waals surface area (Å²) in [5.74, 6) is -0.815. The maximum atomic E-state index is 12.8.